The van der Waals surface area contributed by atoms with Gasteiger partial charge in [-0.25, -0.2) is 0 Å². The molecular weight excluding hydrogens is 661 g/mol. The Morgan fingerprint density at radius 1 is 0.346 bits per heavy atom. The molecule has 0 spiro atoms. The van der Waals surface area contributed by atoms with Crippen molar-refractivity contribution in [2.75, 3.05) is 4.90 Å². The van der Waals surface area contributed by atoms with Crippen LogP contribution in [0.15, 0.2) is 170 Å². The molecule has 0 unspecified atom stereocenters. The molecule has 0 saturated carbocycles. The van der Waals surface area contributed by atoms with Crippen LogP contribution in [0.4, 0.5) is 17.1 Å². The lowest BCUT2D eigenvalue weighted by molar-refractivity contribution is 1.18. The fourth-order valence-electron chi connectivity index (χ4n) is 7.33. The van der Waals surface area contributed by atoms with E-state index in [1.54, 1.807) is 0 Å². The lowest BCUT2D eigenvalue weighted by Gasteiger charge is -2.27. The van der Waals surface area contributed by atoms with Gasteiger partial charge >= 0.3 is 0 Å². The van der Waals surface area contributed by atoms with Crippen LogP contribution in [0.3, 0.4) is 0 Å². The molecule has 0 fully saturated rings. The number of hydrogen-bond donors (Lipinski definition) is 0. The third-order valence-electron chi connectivity index (χ3n) is 10.4. The van der Waals surface area contributed by atoms with Gasteiger partial charge in [-0.1, -0.05) is 159 Å². The molecule has 0 aliphatic heterocycles. The van der Waals surface area contributed by atoms with E-state index in [0.717, 1.165) is 17.1 Å². The molecule has 1 aromatic heterocycles. The zero-order valence-electron chi connectivity index (χ0n) is 31.1. The Hall–Kier alpha value is -5.43. The average molecular weight is 707 g/mol. The lowest BCUT2D eigenvalue weighted by atomic mass is 10.0. The minimum atomic E-state index is -1.42. The number of fused-ring (bicyclic) bond motifs is 3. The van der Waals surface area contributed by atoms with Crippen molar-refractivity contribution in [1.82, 2.24) is 4.57 Å². The van der Waals surface area contributed by atoms with Crippen LogP contribution in [0.1, 0.15) is 0 Å². The van der Waals surface area contributed by atoms with E-state index in [0.29, 0.717) is 0 Å². The van der Waals surface area contributed by atoms with Crippen LogP contribution in [-0.4, -0.2) is 20.7 Å². The molecule has 256 valence electrons. The van der Waals surface area contributed by atoms with Gasteiger partial charge in [0.05, 0.1) is 27.2 Å². The summed E-state index contributed by atoms with van der Waals surface area (Å²) >= 11 is 0. The van der Waals surface area contributed by atoms with Crippen molar-refractivity contribution in [3.8, 4) is 27.9 Å². The summed E-state index contributed by atoms with van der Waals surface area (Å²) in [6.07, 6.45) is 0. The highest BCUT2D eigenvalue weighted by Crippen LogP contribution is 2.37. The van der Waals surface area contributed by atoms with Crippen LogP contribution in [0.5, 0.6) is 0 Å². The summed E-state index contributed by atoms with van der Waals surface area (Å²) in [5.74, 6) is 0. The van der Waals surface area contributed by atoms with Crippen LogP contribution < -0.4 is 15.3 Å². The summed E-state index contributed by atoms with van der Waals surface area (Å²) < 4.78 is 2.37. The average Bonchev–Trinajstić information content (AvgIpc) is 3.50. The van der Waals surface area contributed by atoms with Crippen LogP contribution in [0.25, 0.3) is 49.7 Å². The quantitative estimate of drug-likeness (QED) is 0.143. The van der Waals surface area contributed by atoms with Crippen molar-refractivity contribution in [2.24, 2.45) is 0 Å². The van der Waals surface area contributed by atoms with Gasteiger partial charge in [-0.2, -0.15) is 0 Å². The Bertz CT molecular complexity index is 2430. The molecule has 1 heterocycles. The van der Waals surface area contributed by atoms with Gasteiger partial charge in [0.15, 0.2) is 0 Å². The van der Waals surface area contributed by atoms with Crippen molar-refractivity contribution in [2.45, 2.75) is 39.3 Å². The second kappa shape index (κ2) is 13.3. The molecule has 0 amide bonds. The molecule has 0 aliphatic rings. The van der Waals surface area contributed by atoms with E-state index < -0.39 is 16.1 Å². The van der Waals surface area contributed by atoms with Crippen LogP contribution >= 0.6 is 0 Å². The van der Waals surface area contributed by atoms with E-state index in [1.807, 2.05) is 0 Å². The minimum Gasteiger partial charge on any atom is -0.311 e. The number of benzene rings is 7. The number of para-hydroxylation sites is 2. The van der Waals surface area contributed by atoms with Crippen molar-refractivity contribution >= 4 is 65.4 Å². The SMILES string of the molecule is C[Si](C)(C)c1ccc(-c2ccc(N(c3ccc(-c4ccc(-n5c6ccccc6c6ccccc65)cc4)cc3)c3ccc([Si](C)(C)C)cc3)cc2)cc1. The molecule has 2 nitrogen and oxygen atoms in total. The Morgan fingerprint density at radius 2 is 0.654 bits per heavy atom. The third kappa shape index (κ3) is 6.45. The first-order chi connectivity index (χ1) is 25.0. The van der Waals surface area contributed by atoms with E-state index in [2.05, 4.69) is 219 Å². The van der Waals surface area contributed by atoms with E-state index in [-0.39, 0.29) is 0 Å². The fraction of sp³-hybridized carbons (Fsp3) is 0.125. The van der Waals surface area contributed by atoms with Crippen molar-refractivity contribution in [1.29, 1.82) is 0 Å². The zero-order chi connectivity index (χ0) is 36.0. The minimum absolute atomic E-state index is 1.14. The molecule has 52 heavy (non-hydrogen) atoms. The third-order valence-corrected chi connectivity index (χ3v) is 14.5. The lowest BCUT2D eigenvalue weighted by Crippen LogP contribution is -2.37. The van der Waals surface area contributed by atoms with Crippen LogP contribution in [0.2, 0.25) is 39.3 Å². The highest BCUT2D eigenvalue weighted by atomic mass is 28.3. The van der Waals surface area contributed by atoms with Gasteiger partial charge in [0.1, 0.15) is 0 Å². The summed E-state index contributed by atoms with van der Waals surface area (Å²) in [7, 11) is -2.76. The number of anilines is 3. The maximum Gasteiger partial charge on any atom is 0.0775 e. The molecular formula is C48H46N2Si2. The summed E-state index contributed by atoms with van der Waals surface area (Å²) in [5.41, 5.74) is 12.0. The molecule has 0 N–H and O–H groups in total. The van der Waals surface area contributed by atoms with E-state index in [9.17, 15) is 0 Å². The van der Waals surface area contributed by atoms with Gasteiger partial charge in [0.2, 0.25) is 0 Å². The number of aromatic nitrogens is 1. The summed E-state index contributed by atoms with van der Waals surface area (Å²) in [6.45, 7) is 14.4. The Balaban J connectivity index is 1.11. The van der Waals surface area contributed by atoms with Gasteiger partial charge < -0.3 is 9.47 Å². The summed E-state index contributed by atoms with van der Waals surface area (Å²) in [4.78, 5) is 2.38. The van der Waals surface area contributed by atoms with Crippen LogP contribution in [-0.2, 0) is 0 Å². The number of rotatable bonds is 8. The van der Waals surface area contributed by atoms with Crippen LogP contribution in [0, 0.1) is 0 Å². The molecule has 4 heteroatoms. The standard InChI is InChI=1S/C48H46N2Si2/c1-51(2,3)43-31-21-38(22-32-43)37-17-25-40(26-18-37)49(41-29-33-44(34-30-41)52(4,5)6)39-23-15-35(16-24-39)36-19-27-42(28-20-36)50-47-13-9-7-11-45(47)46-12-8-10-14-48(46)50/h7-34H,1-6H3. The molecule has 0 aliphatic carbocycles. The normalized spacial score (nSPS) is 12.0. The second-order valence-electron chi connectivity index (χ2n) is 16.0. The van der Waals surface area contributed by atoms with E-state index >= 15 is 0 Å². The maximum absolute atomic E-state index is 2.41. The molecule has 0 atom stereocenters. The highest BCUT2D eigenvalue weighted by Gasteiger charge is 2.19. The van der Waals surface area contributed by atoms with Gasteiger partial charge in [-0.15, -0.1) is 0 Å². The molecule has 7 aromatic carbocycles. The first kappa shape index (κ1) is 33.7. The first-order valence-corrected chi connectivity index (χ1v) is 25.4. The maximum atomic E-state index is 2.41. The summed E-state index contributed by atoms with van der Waals surface area (Å²) in [5, 5.41) is 5.52. The second-order valence-corrected chi connectivity index (χ2v) is 26.1. The predicted octanol–water partition coefficient (Wildman–Crippen LogP) is 12.7. The molecule has 8 rings (SSSR count). The van der Waals surface area contributed by atoms with Gasteiger partial charge in [0, 0.05) is 33.5 Å². The Kier molecular flexibility index (Phi) is 8.61. The van der Waals surface area contributed by atoms with Crippen molar-refractivity contribution in [3.05, 3.63) is 170 Å². The topological polar surface area (TPSA) is 8.17 Å². The highest BCUT2D eigenvalue weighted by molar-refractivity contribution is 6.89. The smallest absolute Gasteiger partial charge is 0.0775 e. The van der Waals surface area contributed by atoms with E-state index in [4.69, 9.17) is 0 Å². The Morgan fingerprint density at radius 3 is 1.04 bits per heavy atom. The zero-order valence-corrected chi connectivity index (χ0v) is 33.1. The Labute approximate surface area is 310 Å². The largest absolute Gasteiger partial charge is 0.311 e. The van der Waals surface area contributed by atoms with Gasteiger partial charge in [-0.3, -0.25) is 0 Å². The van der Waals surface area contributed by atoms with Crippen molar-refractivity contribution in [3.63, 3.8) is 0 Å². The number of hydrogen-bond acceptors (Lipinski definition) is 1. The van der Waals surface area contributed by atoms with Crippen molar-refractivity contribution < 1.29 is 0 Å². The monoisotopic (exact) mass is 706 g/mol. The van der Waals surface area contributed by atoms with Gasteiger partial charge in [-0.05, 0) is 82.9 Å². The molecule has 8 aromatic rings. The van der Waals surface area contributed by atoms with E-state index in [1.165, 1.54) is 60.1 Å². The number of nitrogens with zero attached hydrogens (tertiary/aromatic N) is 2. The molecule has 0 bridgehead atoms. The molecule has 0 radical (unpaired) electrons. The molecule has 0 saturated heterocycles. The van der Waals surface area contributed by atoms with Gasteiger partial charge in [0.25, 0.3) is 0 Å². The predicted molar refractivity (Wildman–Crippen MR) is 232 cm³/mol. The fourth-order valence-corrected chi connectivity index (χ4v) is 9.66. The first-order valence-electron chi connectivity index (χ1n) is 18.4. The summed E-state index contributed by atoms with van der Waals surface area (Å²) in [6, 6.07) is 62.8.